The summed E-state index contributed by atoms with van der Waals surface area (Å²) in [6.45, 7) is 1.91. The molecule has 3 heterocycles. The van der Waals surface area contributed by atoms with Gasteiger partial charge in [-0.2, -0.15) is 5.01 Å². The Morgan fingerprint density at radius 2 is 1.87 bits per heavy atom. The lowest BCUT2D eigenvalue weighted by Crippen LogP contribution is -2.53. The van der Waals surface area contributed by atoms with Crippen molar-refractivity contribution in [3.8, 4) is 0 Å². The number of nitrogens with zero attached hydrogens (tertiary/aromatic N) is 3. The van der Waals surface area contributed by atoms with E-state index in [1.54, 1.807) is 11.0 Å². The van der Waals surface area contributed by atoms with Gasteiger partial charge in [0, 0.05) is 12.3 Å². The molecule has 6 nitrogen and oxygen atoms in total. The average molecular weight is 312 g/mol. The van der Waals surface area contributed by atoms with E-state index in [4.69, 9.17) is 0 Å². The molecule has 1 aromatic carbocycles. The van der Waals surface area contributed by atoms with Crippen molar-refractivity contribution < 1.29 is 9.59 Å². The highest BCUT2D eigenvalue weighted by Gasteiger charge is 2.40. The highest BCUT2D eigenvalue weighted by Crippen LogP contribution is 2.31. The molecule has 1 unspecified atom stereocenters. The predicted octanol–water partition coefficient (Wildman–Crippen LogP) is 1.44. The molecule has 120 valence electrons. The van der Waals surface area contributed by atoms with Crippen LogP contribution in [0.4, 0.5) is 0 Å². The third kappa shape index (κ3) is 2.43. The van der Waals surface area contributed by atoms with Crippen LogP contribution in [0, 0.1) is 11.8 Å². The summed E-state index contributed by atoms with van der Waals surface area (Å²) < 4.78 is 1.62. The highest BCUT2D eigenvalue weighted by molar-refractivity contribution is 6.12. The molecule has 4 rings (SSSR count). The summed E-state index contributed by atoms with van der Waals surface area (Å²) in [4.78, 5) is 29.7. The maximum atomic E-state index is 13.0. The molecule has 1 N–H and O–H groups in total. The van der Waals surface area contributed by atoms with E-state index in [0.29, 0.717) is 18.8 Å². The number of fused-ring (bicyclic) bond motifs is 1. The average Bonchev–Trinajstić information content (AvgIpc) is 3.00. The maximum Gasteiger partial charge on any atom is 0.252 e. The third-order valence-corrected chi connectivity index (χ3v) is 5.03. The van der Waals surface area contributed by atoms with E-state index in [-0.39, 0.29) is 17.7 Å². The highest BCUT2D eigenvalue weighted by atomic mass is 16.2. The van der Waals surface area contributed by atoms with Gasteiger partial charge in [-0.25, -0.2) is 9.66 Å². The van der Waals surface area contributed by atoms with Crippen molar-refractivity contribution in [2.45, 2.75) is 25.7 Å². The summed E-state index contributed by atoms with van der Waals surface area (Å²) in [6, 6.07) is 7.56. The van der Waals surface area contributed by atoms with Gasteiger partial charge in [-0.1, -0.05) is 12.1 Å². The van der Waals surface area contributed by atoms with Gasteiger partial charge in [-0.3, -0.25) is 9.59 Å². The number of rotatable bonds is 2. The Bertz CT molecular complexity index is 748. The fourth-order valence-corrected chi connectivity index (χ4v) is 3.80. The number of carbonyl (C=O) groups excluding carboxylic acids is 2. The zero-order valence-corrected chi connectivity index (χ0v) is 12.9. The van der Waals surface area contributed by atoms with Crippen molar-refractivity contribution in [1.82, 2.24) is 15.0 Å². The molecule has 2 fully saturated rings. The molecule has 0 aliphatic carbocycles. The van der Waals surface area contributed by atoms with E-state index in [9.17, 15) is 9.59 Å². The summed E-state index contributed by atoms with van der Waals surface area (Å²) in [5.41, 5.74) is 1.58. The Kier molecular flexibility index (Phi) is 3.61. The zero-order valence-electron chi connectivity index (χ0n) is 12.9. The number of imide groups is 1. The van der Waals surface area contributed by atoms with E-state index in [1.165, 1.54) is 5.01 Å². The van der Waals surface area contributed by atoms with Crippen LogP contribution in [0.2, 0.25) is 0 Å². The second-order valence-corrected chi connectivity index (χ2v) is 6.35. The Labute approximate surface area is 134 Å². The van der Waals surface area contributed by atoms with Crippen molar-refractivity contribution in [1.29, 1.82) is 0 Å². The van der Waals surface area contributed by atoms with Gasteiger partial charge in [0.2, 0.25) is 5.91 Å². The second kappa shape index (κ2) is 5.77. The fraction of sp³-hybridized carbons (Fsp3) is 0.471. The van der Waals surface area contributed by atoms with Crippen molar-refractivity contribution in [3.63, 3.8) is 0 Å². The van der Waals surface area contributed by atoms with Gasteiger partial charge in [0.05, 0.1) is 11.0 Å². The zero-order chi connectivity index (χ0) is 15.8. The van der Waals surface area contributed by atoms with Crippen molar-refractivity contribution in [2.24, 2.45) is 11.8 Å². The number of nitrogens with one attached hydrogen (secondary N) is 1. The van der Waals surface area contributed by atoms with E-state index in [1.807, 2.05) is 24.3 Å². The predicted molar refractivity (Wildman–Crippen MR) is 86.3 cm³/mol. The number of piperidine rings is 2. The molecule has 2 saturated heterocycles. The lowest BCUT2D eigenvalue weighted by atomic mass is 9.80. The normalized spacial score (nSPS) is 23.7. The van der Waals surface area contributed by atoms with Gasteiger partial charge in [-0.15, -0.1) is 0 Å². The van der Waals surface area contributed by atoms with Crippen LogP contribution < -0.4 is 10.3 Å². The molecule has 1 aromatic heterocycles. The van der Waals surface area contributed by atoms with Gasteiger partial charge in [0.25, 0.3) is 5.91 Å². The number of aromatic nitrogens is 2. The van der Waals surface area contributed by atoms with Gasteiger partial charge in [-0.05, 0) is 50.4 Å². The largest absolute Gasteiger partial charge is 0.317 e. The van der Waals surface area contributed by atoms with Crippen molar-refractivity contribution >= 4 is 22.8 Å². The van der Waals surface area contributed by atoms with Crippen LogP contribution >= 0.6 is 0 Å². The Hall–Kier alpha value is -2.21. The quantitative estimate of drug-likeness (QED) is 0.852. The molecule has 0 radical (unpaired) electrons. The number of amides is 2. The van der Waals surface area contributed by atoms with Crippen LogP contribution in [0.25, 0.3) is 11.0 Å². The number of hydrogen-bond donors (Lipinski definition) is 1. The van der Waals surface area contributed by atoms with Crippen LogP contribution in [0.1, 0.15) is 25.7 Å². The molecule has 1 atom stereocenters. The minimum Gasteiger partial charge on any atom is -0.317 e. The first-order valence-electron chi connectivity index (χ1n) is 8.25. The number of imidazole rings is 1. The molecule has 0 spiro atoms. The molecule has 2 amide bonds. The third-order valence-electron chi connectivity index (χ3n) is 5.03. The van der Waals surface area contributed by atoms with Gasteiger partial charge in [0.15, 0.2) is 0 Å². The van der Waals surface area contributed by atoms with Gasteiger partial charge >= 0.3 is 0 Å². The first kappa shape index (κ1) is 14.4. The lowest BCUT2D eigenvalue weighted by molar-refractivity contribution is -0.136. The number of hydrogen-bond acceptors (Lipinski definition) is 4. The van der Waals surface area contributed by atoms with Gasteiger partial charge < -0.3 is 5.32 Å². The Morgan fingerprint density at radius 1 is 1.09 bits per heavy atom. The van der Waals surface area contributed by atoms with E-state index in [2.05, 4.69) is 10.3 Å². The van der Waals surface area contributed by atoms with E-state index < -0.39 is 0 Å². The molecule has 0 saturated carbocycles. The summed E-state index contributed by atoms with van der Waals surface area (Å²) in [5, 5.41) is 4.64. The first-order chi connectivity index (χ1) is 11.3. The number of para-hydroxylation sites is 2. The van der Waals surface area contributed by atoms with Crippen LogP contribution in [0.3, 0.4) is 0 Å². The maximum absolute atomic E-state index is 13.0. The number of benzene rings is 1. The Balaban J connectivity index is 1.68. The van der Waals surface area contributed by atoms with Crippen molar-refractivity contribution in [3.05, 3.63) is 30.6 Å². The smallest absolute Gasteiger partial charge is 0.252 e. The second-order valence-electron chi connectivity index (χ2n) is 6.35. The molecule has 2 aliphatic heterocycles. The standard InChI is InChI=1S/C17H20N4O2/c22-16-6-5-13(12-7-9-18-10-8-12)17(23)21(16)20-11-19-14-3-1-2-4-15(14)20/h1-4,11-13,18H,5-10H2. The lowest BCUT2D eigenvalue weighted by Gasteiger charge is -2.36. The first-order valence-corrected chi connectivity index (χ1v) is 8.25. The fourth-order valence-electron chi connectivity index (χ4n) is 3.80. The van der Waals surface area contributed by atoms with E-state index in [0.717, 1.165) is 37.0 Å². The summed E-state index contributed by atoms with van der Waals surface area (Å²) in [7, 11) is 0. The van der Waals surface area contributed by atoms with Crippen LogP contribution in [-0.2, 0) is 9.59 Å². The minimum atomic E-state index is -0.136. The van der Waals surface area contributed by atoms with Crippen LogP contribution in [0.5, 0.6) is 0 Å². The molecular weight excluding hydrogens is 292 g/mol. The van der Waals surface area contributed by atoms with E-state index >= 15 is 0 Å². The summed E-state index contributed by atoms with van der Waals surface area (Å²) >= 11 is 0. The molecular formula is C17H20N4O2. The SMILES string of the molecule is O=C1CCC(C2CCNCC2)C(=O)N1n1cnc2ccccc21. The molecule has 2 aliphatic rings. The van der Waals surface area contributed by atoms with Gasteiger partial charge in [0.1, 0.15) is 6.33 Å². The van der Waals surface area contributed by atoms with Crippen LogP contribution in [0.15, 0.2) is 30.6 Å². The topological polar surface area (TPSA) is 67.2 Å². The molecule has 6 heteroatoms. The number of carbonyl (C=O) groups is 2. The monoisotopic (exact) mass is 312 g/mol. The molecule has 23 heavy (non-hydrogen) atoms. The summed E-state index contributed by atoms with van der Waals surface area (Å²) in [6.07, 6.45) is 4.68. The molecule has 0 bridgehead atoms. The summed E-state index contributed by atoms with van der Waals surface area (Å²) in [5.74, 6) is 0.102. The Morgan fingerprint density at radius 3 is 2.70 bits per heavy atom. The van der Waals surface area contributed by atoms with Crippen LogP contribution in [-0.4, -0.2) is 34.6 Å². The van der Waals surface area contributed by atoms with Crippen molar-refractivity contribution in [2.75, 3.05) is 18.1 Å². The minimum absolute atomic E-state index is 0.0593. The molecule has 2 aromatic rings.